The van der Waals surface area contributed by atoms with E-state index in [1.165, 1.54) is 18.2 Å². The maximum Gasteiger partial charge on any atom is 0.416 e. The Balaban J connectivity index is 1.38. The van der Waals surface area contributed by atoms with Crippen LogP contribution in [0.4, 0.5) is 18.9 Å². The van der Waals surface area contributed by atoms with Crippen molar-refractivity contribution in [2.75, 3.05) is 5.32 Å². The lowest BCUT2D eigenvalue weighted by Crippen LogP contribution is -2.15. The molecule has 0 atom stereocenters. The van der Waals surface area contributed by atoms with E-state index >= 15 is 0 Å². The van der Waals surface area contributed by atoms with Gasteiger partial charge < -0.3 is 19.9 Å². The van der Waals surface area contributed by atoms with Crippen LogP contribution in [0.15, 0.2) is 115 Å². The zero-order valence-corrected chi connectivity index (χ0v) is 25.0. The number of hydrogen-bond acceptors (Lipinski definition) is 4. The molecule has 9 heteroatoms. The van der Waals surface area contributed by atoms with Crippen LogP contribution in [0.2, 0.25) is 0 Å². The van der Waals surface area contributed by atoms with Gasteiger partial charge in [0.2, 0.25) is 0 Å². The average molecular weight is 626 g/mol. The number of carboxylic acids is 1. The van der Waals surface area contributed by atoms with Gasteiger partial charge in [0.25, 0.3) is 5.91 Å². The summed E-state index contributed by atoms with van der Waals surface area (Å²) < 4.78 is 50.8. The number of anilines is 1. The number of rotatable bonds is 10. The third-order valence-corrected chi connectivity index (χ3v) is 7.19. The van der Waals surface area contributed by atoms with Crippen LogP contribution in [0.1, 0.15) is 57.2 Å². The summed E-state index contributed by atoms with van der Waals surface area (Å²) in [6, 6.07) is 30.7. The van der Waals surface area contributed by atoms with Crippen molar-refractivity contribution in [1.29, 1.82) is 0 Å². The molecule has 0 aromatic heterocycles. The summed E-state index contributed by atoms with van der Waals surface area (Å²) in [5.74, 6) is -0.473. The van der Waals surface area contributed by atoms with Crippen molar-refractivity contribution in [3.63, 3.8) is 0 Å². The molecule has 0 aliphatic carbocycles. The Labute approximate surface area is 264 Å². The van der Waals surface area contributed by atoms with Crippen molar-refractivity contribution in [2.45, 2.75) is 32.5 Å². The fourth-order valence-electron chi connectivity index (χ4n) is 4.88. The van der Waals surface area contributed by atoms with Crippen LogP contribution in [-0.2, 0) is 12.8 Å². The molecule has 1 amide bonds. The fourth-order valence-corrected chi connectivity index (χ4v) is 4.88. The first-order valence-corrected chi connectivity index (χ1v) is 14.4. The molecule has 0 fully saturated rings. The van der Waals surface area contributed by atoms with E-state index in [2.05, 4.69) is 5.32 Å². The van der Waals surface area contributed by atoms with Gasteiger partial charge in [-0.1, -0.05) is 56.3 Å². The second-order valence-electron chi connectivity index (χ2n) is 10.9. The largest absolute Gasteiger partial charge is 0.489 e. The molecule has 5 aromatic carbocycles. The number of amides is 1. The van der Waals surface area contributed by atoms with Crippen molar-refractivity contribution >= 4 is 17.6 Å². The highest BCUT2D eigenvalue weighted by Gasteiger charge is 2.30. The molecular formula is C37H30F3NO5. The van der Waals surface area contributed by atoms with Crippen LogP contribution in [0, 0.1) is 0 Å². The van der Waals surface area contributed by atoms with Crippen molar-refractivity contribution in [2.24, 2.45) is 0 Å². The number of aromatic carboxylic acids is 1. The minimum atomic E-state index is -4.48. The van der Waals surface area contributed by atoms with Gasteiger partial charge in [-0.2, -0.15) is 13.2 Å². The summed E-state index contributed by atoms with van der Waals surface area (Å²) in [4.78, 5) is 25.6. The lowest BCUT2D eigenvalue weighted by Gasteiger charge is -2.19. The number of ether oxygens (including phenoxy) is 2. The highest BCUT2D eigenvalue weighted by molar-refractivity contribution is 6.08. The summed E-state index contributed by atoms with van der Waals surface area (Å²) in [7, 11) is 0. The Kier molecular flexibility index (Phi) is 9.42. The van der Waals surface area contributed by atoms with Crippen LogP contribution >= 0.6 is 0 Å². The summed E-state index contributed by atoms with van der Waals surface area (Å²) in [6.45, 7) is 3.91. The topological polar surface area (TPSA) is 84.9 Å². The smallest absolute Gasteiger partial charge is 0.416 e. The van der Waals surface area contributed by atoms with Crippen molar-refractivity contribution in [3.8, 4) is 28.4 Å². The van der Waals surface area contributed by atoms with E-state index in [4.69, 9.17) is 9.47 Å². The lowest BCUT2D eigenvalue weighted by molar-refractivity contribution is -0.137. The second kappa shape index (κ2) is 13.6. The van der Waals surface area contributed by atoms with Gasteiger partial charge in [-0.15, -0.1) is 0 Å². The molecule has 6 nitrogen and oxygen atoms in total. The first kappa shape index (κ1) is 31.8. The predicted molar refractivity (Wildman–Crippen MR) is 170 cm³/mol. The molecule has 0 bridgehead atoms. The molecule has 5 rings (SSSR count). The molecule has 0 radical (unpaired) electrons. The van der Waals surface area contributed by atoms with Crippen LogP contribution in [0.5, 0.6) is 17.2 Å². The normalized spacial score (nSPS) is 11.3. The van der Waals surface area contributed by atoms with Gasteiger partial charge in [-0.05, 0) is 101 Å². The van der Waals surface area contributed by atoms with Crippen LogP contribution in [0.25, 0.3) is 11.1 Å². The highest BCUT2D eigenvalue weighted by atomic mass is 19.4. The van der Waals surface area contributed by atoms with Gasteiger partial charge in [-0.25, -0.2) is 4.79 Å². The number of alkyl halides is 3. The number of hydrogen-bond donors (Lipinski definition) is 2. The maximum atomic E-state index is 13.2. The van der Waals surface area contributed by atoms with Gasteiger partial charge >= 0.3 is 12.1 Å². The van der Waals surface area contributed by atoms with Crippen LogP contribution in [-0.4, -0.2) is 17.0 Å². The number of nitrogens with one attached hydrogen (secondary N) is 1. The van der Waals surface area contributed by atoms with E-state index in [-0.39, 0.29) is 29.5 Å². The molecule has 46 heavy (non-hydrogen) atoms. The molecule has 0 spiro atoms. The number of carboxylic acid groups (broad SMARTS) is 1. The summed E-state index contributed by atoms with van der Waals surface area (Å²) >= 11 is 0. The van der Waals surface area contributed by atoms with Gasteiger partial charge in [0.15, 0.2) is 0 Å². The van der Waals surface area contributed by atoms with E-state index in [1.54, 1.807) is 48.5 Å². The maximum absolute atomic E-state index is 13.2. The number of carbonyl (C=O) groups excluding carboxylic acids is 1. The molecule has 0 saturated heterocycles. The van der Waals surface area contributed by atoms with E-state index in [0.717, 1.165) is 17.7 Å². The summed E-state index contributed by atoms with van der Waals surface area (Å²) in [6.07, 6.45) is -4.48. The van der Waals surface area contributed by atoms with Crippen LogP contribution < -0.4 is 14.8 Å². The van der Waals surface area contributed by atoms with E-state index < -0.39 is 23.6 Å². The first-order chi connectivity index (χ1) is 22.0. The van der Waals surface area contributed by atoms with E-state index in [0.29, 0.717) is 33.8 Å². The Morgan fingerprint density at radius 2 is 1.46 bits per heavy atom. The standard InChI is InChI=1S/C37H30F3NO5/c1-23(2)31-21-34(41-35(42)25-14-16-29(17-15-25)46-28-11-4-3-5-12-28)33(36(43)44)20-32(31)26-9-6-8-24(18-26)22-45-30-13-7-10-27(19-30)37(38,39)40/h3-21,23H,22H2,1-2H3,(H,41,42)(H,43,44). The number of halogens is 3. The molecule has 234 valence electrons. The number of para-hydroxylation sites is 1. The Hall–Kier alpha value is -5.57. The molecular weight excluding hydrogens is 595 g/mol. The van der Waals surface area contributed by atoms with Gasteiger partial charge in [-0.3, -0.25) is 4.79 Å². The highest BCUT2D eigenvalue weighted by Crippen LogP contribution is 2.36. The lowest BCUT2D eigenvalue weighted by atomic mass is 9.89. The van der Waals surface area contributed by atoms with Crippen molar-refractivity contribution < 1.29 is 37.3 Å². The average Bonchev–Trinajstić information content (AvgIpc) is 3.04. The van der Waals surface area contributed by atoms with Gasteiger partial charge in [0, 0.05) is 5.56 Å². The van der Waals surface area contributed by atoms with E-state index in [9.17, 15) is 27.9 Å². The Morgan fingerprint density at radius 3 is 2.13 bits per heavy atom. The SMILES string of the molecule is CC(C)c1cc(NC(=O)c2ccc(Oc3ccccc3)cc2)c(C(=O)O)cc1-c1cccc(COc2cccc(C(F)(F)F)c2)c1. The fraction of sp³-hybridized carbons (Fsp3) is 0.135. The zero-order valence-electron chi connectivity index (χ0n) is 25.0. The Morgan fingerprint density at radius 1 is 0.783 bits per heavy atom. The van der Waals surface area contributed by atoms with Crippen LogP contribution in [0.3, 0.4) is 0 Å². The van der Waals surface area contributed by atoms with Crippen molar-refractivity contribution in [3.05, 3.63) is 143 Å². The molecule has 2 N–H and O–H groups in total. The summed E-state index contributed by atoms with van der Waals surface area (Å²) in [5.41, 5.74) is 2.39. The molecule has 0 heterocycles. The predicted octanol–water partition coefficient (Wildman–Crippen LogP) is 9.82. The minimum absolute atomic E-state index is 0.00126. The third-order valence-electron chi connectivity index (χ3n) is 7.19. The molecule has 0 aliphatic rings. The molecule has 0 aliphatic heterocycles. The number of benzene rings is 5. The molecule has 5 aromatic rings. The first-order valence-electron chi connectivity index (χ1n) is 14.4. The van der Waals surface area contributed by atoms with Crippen molar-refractivity contribution in [1.82, 2.24) is 0 Å². The minimum Gasteiger partial charge on any atom is -0.489 e. The quantitative estimate of drug-likeness (QED) is 0.161. The van der Waals surface area contributed by atoms with E-state index in [1.807, 2.05) is 50.2 Å². The summed E-state index contributed by atoms with van der Waals surface area (Å²) in [5, 5.41) is 12.9. The zero-order chi connectivity index (χ0) is 32.8. The Bertz CT molecular complexity index is 1850. The molecule has 0 saturated carbocycles. The monoisotopic (exact) mass is 625 g/mol. The second-order valence-corrected chi connectivity index (χ2v) is 10.9. The molecule has 0 unspecified atom stereocenters. The van der Waals surface area contributed by atoms with Gasteiger partial charge in [0.05, 0.1) is 16.8 Å². The third kappa shape index (κ3) is 7.74. The van der Waals surface area contributed by atoms with Gasteiger partial charge in [0.1, 0.15) is 23.9 Å². The number of carbonyl (C=O) groups is 2.